The molecule has 1 aliphatic heterocycles. The molecule has 5 heteroatoms. The van der Waals surface area contributed by atoms with Crippen molar-refractivity contribution in [2.24, 2.45) is 5.92 Å². The molecular weight excluding hydrogens is 374 g/mol. The Morgan fingerprint density at radius 2 is 1.86 bits per heavy atom. The molecule has 1 spiro atoms. The molecule has 4 atom stereocenters. The van der Waals surface area contributed by atoms with Crippen LogP contribution in [0, 0.1) is 17.6 Å². The maximum atomic E-state index is 14.0. The number of aliphatic hydroxyl groups excluding tert-OH is 1. The van der Waals surface area contributed by atoms with Crippen molar-refractivity contribution in [2.45, 2.75) is 56.7 Å². The van der Waals surface area contributed by atoms with Crippen molar-refractivity contribution < 1.29 is 23.4 Å². The third kappa shape index (κ3) is 3.90. The highest BCUT2D eigenvalue weighted by Crippen LogP contribution is 2.56. The summed E-state index contributed by atoms with van der Waals surface area (Å²) in [4.78, 5) is 0. The number of benzene rings is 2. The van der Waals surface area contributed by atoms with Gasteiger partial charge in [0.25, 0.3) is 0 Å². The topological polar surface area (TPSA) is 38.7 Å². The van der Waals surface area contributed by atoms with Gasteiger partial charge in [0, 0.05) is 24.0 Å². The summed E-state index contributed by atoms with van der Waals surface area (Å²) in [6, 6.07) is 11.2. The van der Waals surface area contributed by atoms with Crippen LogP contribution < -0.4 is 4.74 Å². The molecule has 2 aliphatic rings. The number of hydrogen-bond acceptors (Lipinski definition) is 3. The summed E-state index contributed by atoms with van der Waals surface area (Å²) in [5, 5.41) is 9.96. The van der Waals surface area contributed by atoms with Crippen LogP contribution in [0.1, 0.15) is 56.1 Å². The summed E-state index contributed by atoms with van der Waals surface area (Å²) in [5.41, 5.74) is 1.39. The van der Waals surface area contributed by atoms with Crippen molar-refractivity contribution in [3.8, 4) is 5.75 Å². The molecule has 3 nitrogen and oxygen atoms in total. The zero-order chi connectivity index (χ0) is 20.6. The lowest BCUT2D eigenvalue weighted by Crippen LogP contribution is -2.34. The van der Waals surface area contributed by atoms with Crippen LogP contribution in [0.15, 0.2) is 42.5 Å². The van der Waals surface area contributed by atoms with E-state index in [1.165, 1.54) is 18.2 Å². The fraction of sp³-hybridized carbons (Fsp3) is 0.500. The molecule has 2 fully saturated rings. The minimum absolute atomic E-state index is 0.00675. The third-order valence-electron chi connectivity index (χ3n) is 6.38. The fourth-order valence-electron chi connectivity index (χ4n) is 5.22. The number of halogens is 2. The first-order chi connectivity index (χ1) is 13.9. The Labute approximate surface area is 170 Å². The van der Waals surface area contributed by atoms with E-state index in [0.717, 1.165) is 30.4 Å². The van der Waals surface area contributed by atoms with Gasteiger partial charge in [-0.2, -0.15) is 0 Å². The summed E-state index contributed by atoms with van der Waals surface area (Å²) in [5.74, 6) is 0.203. The fourth-order valence-corrected chi connectivity index (χ4v) is 5.22. The van der Waals surface area contributed by atoms with Crippen molar-refractivity contribution in [1.82, 2.24) is 0 Å². The van der Waals surface area contributed by atoms with E-state index >= 15 is 0 Å². The summed E-state index contributed by atoms with van der Waals surface area (Å²) < 4.78 is 39.8. The minimum Gasteiger partial charge on any atom is -0.491 e. The van der Waals surface area contributed by atoms with E-state index in [2.05, 4.69) is 0 Å². The SMILES string of the molecule is CC(C)Oc1ccc(F)cc1[C@H]1CO[C@]2(CCC(CO)[C@H]2c2ccc(F)cc2)C1. The van der Waals surface area contributed by atoms with Crippen molar-refractivity contribution in [2.75, 3.05) is 13.2 Å². The normalized spacial score (nSPS) is 29.1. The standard InChI is InChI=1S/C24H28F2O3/c1-15(2)29-22-8-7-20(26)11-21(22)18-12-24(28-14-18)10-9-17(13-27)23(24)16-3-5-19(25)6-4-16/h3-8,11,15,17-18,23,27H,9-10,12-14H2,1-2H3/t17?,18-,23-,24-/m1/s1. The average molecular weight is 402 g/mol. The average Bonchev–Trinajstić information content (AvgIpc) is 3.28. The molecule has 0 bridgehead atoms. The summed E-state index contributed by atoms with van der Waals surface area (Å²) in [6.07, 6.45) is 2.40. The highest BCUT2D eigenvalue weighted by Gasteiger charge is 2.54. The van der Waals surface area contributed by atoms with Crippen molar-refractivity contribution in [1.29, 1.82) is 0 Å². The Morgan fingerprint density at radius 3 is 2.55 bits per heavy atom. The maximum Gasteiger partial charge on any atom is 0.123 e. The van der Waals surface area contributed by atoms with Gasteiger partial charge in [-0.05, 0) is 74.9 Å². The van der Waals surface area contributed by atoms with Crippen LogP contribution in [0.25, 0.3) is 0 Å². The largest absolute Gasteiger partial charge is 0.491 e. The van der Waals surface area contributed by atoms with Crippen molar-refractivity contribution in [3.63, 3.8) is 0 Å². The first-order valence-electron chi connectivity index (χ1n) is 10.4. The molecule has 2 aromatic rings. The van der Waals surface area contributed by atoms with Gasteiger partial charge in [-0.25, -0.2) is 8.78 Å². The summed E-state index contributed by atoms with van der Waals surface area (Å²) >= 11 is 0. The van der Waals surface area contributed by atoms with E-state index in [9.17, 15) is 13.9 Å². The van der Waals surface area contributed by atoms with Gasteiger partial charge in [0.15, 0.2) is 0 Å². The monoisotopic (exact) mass is 402 g/mol. The first-order valence-corrected chi connectivity index (χ1v) is 10.4. The van der Waals surface area contributed by atoms with E-state index < -0.39 is 5.60 Å². The highest BCUT2D eigenvalue weighted by atomic mass is 19.1. The molecular formula is C24H28F2O3. The molecule has 4 rings (SSSR count). The number of hydrogen-bond donors (Lipinski definition) is 1. The molecule has 1 saturated heterocycles. The molecule has 1 aliphatic carbocycles. The van der Waals surface area contributed by atoms with Gasteiger partial charge in [0.1, 0.15) is 17.4 Å². The van der Waals surface area contributed by atoms with Gasteiger partial charge in [0.05, 0.1) is 18.3 Å². The molecule has 0 radical (unpaired) electrons. The van der Waals surface area contributed by atoms with Crippen molar-refractivity contribution in [3.05, 3.63) is 65.2 Å². The Kier molecular flexibility index (Phi) is 5.63. The van der Waals surface area contributed by atoms with Gasteiger partial charge in [-0.15, -0.1) is 0 Å². The lowest BCUT2D eigenvalue weighted by Gasteiger charge is -2.33. The zero-order valence-electron chi connectivity index (χ0n) is 16.9. The smallest absolute Gasteiger partial charge is 0.123 e. The van der Waals surface area contributed by atoms with Crippen LogP contribution in [0.5, 0.6) is 5.75 Å². The quantitative estimate of drug-likeness (QED) is 0.749. The van der Waals surface area contributed by atoms with Crippen LogP contribution in [-0.2, 0) is 4.74 Å². The van der Waals surface area contributed by atoms with E-state index in [4.69, 9.17) is 9.47 Å². The Bertz CT molecular complexity index is 852. The Hall–Kier alpha value is -1.98. The highest BCUT2D eigenvalue weighted by molar-refractivity contribution is 5.39. The third-order valence-corrected chi connectivity index (χ3v) is 6.38. The molecule has 156 valence electrons. The van der Waals surface area contributed by atoms with E-state index in [-0.39, 0.29) is 42.1 Å². The summed E-state index contributed by atoms with van der Waals surface area (Å²) in [7, 11) is 0. The zero-order valence-corrected chi connectivity index (χ0v) is 16.9. The molecule has 1 N–H and O–H groups in total. The van der Waals surface area contributed by atoms with Crippen LogP contribution in [-0.4, -0.2) is 30.0 Å². The lowest BCUT2D eigenvalue weighted by atomic mass is 9.76. The van der Waals surface area contributed by atoms with Crippen molar-refractivity contribution >= 4 is 0 Å². The molecule has 0 aromatic heterocycles. The van der Waals surface area contributed by atoms with Crippen LogP contribution in [0.4, 0.5) is 8.78 Å². The van der Waals surface area contributed by atoms with Gasteiger partial charge in [0.2, 0.25) is 0 Å². The molecule has 1 heterocycles. The maximum absolute atomic E-state index is 14.0. The Balaban J connectivity index is 1.65. The van der Waals surface area contributed by atoms with Gasteiger partial charge in [-0.3, -0.25) is 0 Å². The molecule has 1 saturated carbocycles. The van der Waals surface area contributed by atoms with Gasteiger partial charge >= 0.3 is 0 Å². The van der Waals surface area contributed by atoms with Gasteiger partial charge in [-0.1, -0.05) is 12.1 Å². The lowest BCUT2D eigenvalue weighted by molar-refractivity contribution is -0.0122. The summed E-state index contributed by atoms with van der Waals surface area (Å²) in [6.45, 7) is 4.45. The predicted molar refractivity (Wildman–Crippen MR) is 107 cm³/mol. The van der Waals surface area contributed by atoms with Crippen LogP contribution >= 0.6 is 0 Å². The van der Waals surface area contributed by atoms with Gasteiger partial charge < -0.3 is 14.6 Å². The van der Waals surface area contributed by atoms with E-state index in [0.29, 0.717) is 12.4 Å². The molecule has 0 amide bonds. The number of ether oxygens (including phenoxy) is 2. The second-order valence-electron chi connectivity index (χ2n) is 8.64. The van der Waals surface area contributed by atoms with E-state index in [1.54, 1.807) is 24.3 Å². The Morgan fingerprint density at radius 1 is 1.14 bits per heavy atom. The van der Waals surface area contributed by atoms with E-state index in [1.807, 2.05) is 13.8 Å². The van der Waals surface area contributed by atoms with Crippen LogP contribution in [0.2, 0.25) is 0 Å². The first kappa shape index (κ1) is 20.3. The molecule has 29 heavy (non-hydrogen) atoms. The van der Waals surface area contributed by atoms with Crippen LogP contribution in [0.3, 0.4) is 0 Å². The second-order valence-corrected chi connectivity index (χ2v) is 8.64. The predicted octanol–water partition coefficient (Wildman–Crippen LogP) is 5.18. The second kappa shape index (κ2) is 8.04. The number of rotatable bonds is 5. The molecule has 2 aromatic carbocycles. The minimum atomic E-state index is -0.433. The molecule has 1 unspecified atom stereocenters. The number of aliphatic hydroxyl groups is 1.